The summed E-state index contributed by atoms with van der Waals surface area (Å²) in [6.45, 7) is 5.28. The van der Waals surface area contributed by atoms with Crippen LogP contribution in [-0.2, 0) is 24.3 Å². The van der Waals surface area contributed by atoms with Gasteiger partial charge in [0.25, 0.3) is 10.0 Å². The van der Waals surface area contributed by atoms with Crippen molar-refractivity contribution in [3.8, 4) is 0 Å². The highest BCUT2D eigenvalue weighted by Crippen LogP contribution is 2.23. The first-order chi connectivity index (χ1) is 9.85. The van der Waals surface area contributed by atoms with E-state index in [0.29, 0.717) is 5.69 Å². The molecule has 0 amide bonds. The Labute approximate surface area is 123 Å². The van der Waals surface area contributed by atoms with Crippen molar-refractivity contribution < 1.29 is 27.5 Å². The Morgan fingerprint density at radius 2 is 1.95 bits per heavy atom. The van der Waals surface area contributed by atoms with Crippen molar-refractivity contribution in [2.24, 2.45) is 0 Å². The van der Waals surface area contributed by atoms with Crippen LogP contribution in [0.5, 0.6) is 0 Å². The van der Waals surface area contributed by atoms with E-state index in [-0.39, 0.29) is 36.0 Å². The van der Waals surface area contributed by atoms with E-state index in [1.165, 1.54) is 14.0 Å². The van der Waals surface area contributed by atoms with Gasteiger partial charge in [-0.3, -0.25) is 4.84 Å². The second-order valence-electron chi connectivity index (χ2n) is 4.23. The molecule has 0 saturated heterocycles. The number of aromatic nitrogens is 1. The van der Waals surface area contributed by atoms with Gasteiger partial charge < -0.3 is 14.5 Å². The van der Waals surface area contributed by atoms with Crippen LogP contribution in [0.25, 0.3) is 0 Å². The second-order valence-corrected chi connectivity index (χ2v) is 5.81. The Bertz CT molecular complexity index is 593. The maximum atomic E-state index is 12.2. The van der Waals surface area contributed by atoms with Crippen LogP contribution in [0.1, 0.15) is 28.7 Å². The normalized spacial score (nSPS) is 11.6. The molecule has 9 heteroatoms. The van der Waals surface area contributed by atoms with Crippen LogP contribution in [0.4, 0.5) is 0 Å². The smallest absolute Gasteiger partial charge is 0.355 e. The summed E-state index contributed by atoms with van der Waals surface area (Å²) in [6.07, 6.45) is 0. The summed E-state index contributed by atoms with van der Waals surface area (Å²) in [6, 6.07) is 0. The number of aromatic amines is 1. The average Bonchev–Trinajstić information content (AvgIpc) is 2.71. The Morgan fingerprint density at radius 3 is 2.52 bits per heavy atom. The van der Waals surface area contributed by atoms with Gasteiger partial charge in [-0.05, 0) is 20.8 Å². The zero-order chi connectivity index (χ0) is 16.0. The Kier molecular flexibility index (Phi) is 6.34. The fourth-order valence-corrected chi connectivity index (χ4v) is 3.11. The number of H-pyrrole nitrogens is 1. The van der Waals surface area contributed by atoms with Gasteiger partial charge in [-0.2, -0.15) is 0 Å². The van der Waals surface area contributed by atoms with Gasteiger partial charge in [0.15, 0.2) is 0 Å². The number of nitrogens with one attached hydrogen (secondary N) is 2. The number of hydrogen-bond donors (Lipinski definition) is 2. The van der Waals surface area contributed by atoms with Crippen molar-refractivity contribution in [3.63, 3.8) is 0 Å². The van der Waals surface area contributed by atoms with E-state index in [9.17, 15) is 13.2 Å². The van der Waals surface area contributed by atoms with Crippen LogP contribution in [0.2, 0.25) is 0 Å². The number of hydrogen-bond acceptors (Lipinski definition) is 6. The number of ether oxygens (including phenoxy) is 2. The molecule has 0 fully saturated rings. The van der Waals surface area contributed by atoms with E-state index >= 15 is 0 Å². The van der Waals surface area contributed by atoms with Gasteiger partial charge in [0, 0.05) is 18.4 Å². The lowest BCUT2D eigenvalue weighted by molar-refractivity contribution is 0.0438. The summed E-state index contributed by atoms with van der Waals surface area (Å²) in [5, 5.41) is 0. The van der Waals surface area contributed by atoms with E-state index in [4.69, 9.17) is 14.3 Å². The second kappa shape index (κ2) is 7.55. The molecule has 0 spiro atoms. The standard InChI is InChI=1S/C12H20N2O6S/c1-5-19-12(15)10-8(2)11(9(3)13-10)21(16,17)14-20-7-6-18-4/h13-14H,5-7H2,1-4H3. The monoisotopic (exact) mass is 320 g/mol. The lowest BCUT2D eigenvalue weighted by atomic mass is 10.2. The summed E-state index contributed by atoms with van der Waals surface area (Å²) in [7, 11) is -2.42. The van der Waals surface area contributed by atoms with Crippen LogP contribution in [0, 0.1) is 13.8 Å². The number of carbonyl (C=O) groups excluding carboxylic acids is 1. The molecule has 1 rings (SSSR count). The van der Waals surface area contributed by atoms with Crippen molar-refractivity contribution in [2.45, 2.75) is 25.7 Å². The first kappa shape index (κ1) is 17.6. The predicted octanol–water partition coefficient (Wildman–Crippen LogP) is 0.665. The summed E-state index contributed by atoms with van der Waals surface area (Å²) >= 11 is 0. The highest BCUT2D eigenvalue weighted by atomic mass is 32.2. The molecule has 0 radical (unpaired) electrons. The lowest BCUT2D eigenvalue weighted by Crippen LogP contribution is -2.26. The van der Waals surface area contributed by atoms with Gasteiger partial charge >= 0.3 is 5.97 Å². The molecule has 2 N–H and O–H groups in total. The summed E-state index contributed by atoms with van der Waals surface area (Å²) in [5.74, 6) is -0.597. The van der Waals surface area contributed by atoms with Gasteiger partial charge in [0.2, 0.25) is 0 Å². The van der Waals surface area contributed by atoms with Crippen LogP contribution < -0.4 is 4.89 Å². The maximum absolute atomic E-state index is 12.2. The van der Waals surface area contributed by atoms with Crippen LogP contribution in [-0.4, -0.2) is 46.3 Å². The zero-order valence-electron chi connectivity index (χ0n) is 12.5. The number of methoxy groups -OCH3 is 1. The van der Waals surface area contributed by atoms with Crippen molar-refractivity contribution >= 4 is 16.0 Å². The molecule has 0 aliphatic heterocycles. The number of sulfonamides is 1. The van der Waals surface area contributed by atoms with E-state index in [1.807, 2.05) is 4.89 Å². The molecular weight excluding hydrogens is 300 g/mol. The molecule has 1 aromatic heterocycles. The number of rotatable bonds is 8. The van der Waals surface area contributed by atoms with Gasteiger partial charge in [-0.1, -0.05) is 4.89 Å². The molecular formula is C12H20N2O6S. The SMILES string of the molecule is CCOC(=O)c1[nH]c(C)c(S(=O)(=O)NOCCOC)c1C. The lowest BCUT2D eigenvalue weighted by Gasteiger charge is -2.07. The zero-order valence-corrected chi connectivity index (χ0v) is 13.3. The van der Waals surface area contributed by atoms with E-state index in [1.54, 1.807) is 13.8 Å². The molecule has 21 heavy (non-hydrogen) atoms. The quantitative estimate of drug-likeness (QED) is 0.414. The van der Waals surface area contributed by atoms with E-state index in [2.05, 4.69) is 4.98 Å². The Hall–Kier alpha value is -1.42. The third kappa shape index (κ3) is 4.27. The summed E-state index contributed by atoms with van der Waals surface area (Å²) in [5.41, 5.74) is 0.735. The molecule has 0 unspecified atom stereocenters. The molecule has 0 aliphatic carbocycles. The minimum atomic E-state index is -3.90. The minimum Gasteiger partial charge on any atom is -0.461 e. The van der Waals surface area contributed by atoms with Gasteiger partial charge in [0.05, 0.1) is 19.8 Å². The van der Waals surface area contributed by atoms with Gasteiger partial charge in [-0.25, -0.2) is 13.2 Å². The largest absolute Gasteiger partial charge is 0.461 e. The van der Waals surface area contributed by atoms with Crippen LogP contribution in [0.15, 0.2) is 4.90 Å². The highest BCUT2D eigenvalue weighted by molar-refractivity contribution is 7.89. The number of carbonyl (C=O) groups is 1. The number of esters is 1. The number of aryl methyl sites for hydroxylation is 1. The average molecular weight is 320 g/mol. The van der Waals surface area contributed by atoms with Gasteiger partial charge in [0.1, 0.15) is 10.6 Å². The first-order valence-electron chi connectivity index (χ1n) is 6.34. The van der Waals surface area contributed by atoms with Crippen molar-refractivity contribution in [2.75, 3.05) is 26.9 Å². The molecule has 0 bridgehead atoms. The molecule has 1 aromatic rings. The first-order valence-corrected chi connectivity index (χ1v) is 7.82. The third-order valence-corrected chi connectivity index (χ3v) is 4.16. The topological polar surface area (TPSA) is 107 Å². The Morgan fingerprint density at radius 1 is 1.29 bits per heavy atom. The molecule has 120 valence electrons. The van der Waals surface area contributed by atoms with Gasteiger partial charge in [-0.15, -0.1) is 0 Å². The third-order valence-electron chi connectivity index (χ3n) is 2.68. The van der Waals surface area contributed by atoms with E-state index in [0.717, 1.165) is 0 Å². The molecule has 0 atom stereocenters. The molecule has 1 heterocycles. The molecule has 8 nitrogen and oxygen atoms in total. The van der Waals surface area contributed by atoms with Crippen LogP contribution >= 0.6 is 0 Å². The van der Waals surface area contributed by atoms with Crippen molar-refractivity contribution in [3.05, 3.63) is 17.0 Å². The van der Waals surface area contributed by atoms with E-state index < -0.39 is 16.0 Å². The fourth-order valence-electron chi connectivity index (χ4n) is 1.83. The molecule has 0 aliphatic rings. The van der Waals surface area contributed by atoms with Crippen molar-refractivity contribution in [1.29, 1.82) is 0 Å². The van der Waals surface area contributed by atoms with Crippen molar-refractivity contribution in [1.82, 2.24) is 9.87 Å². The molecule has 0 aromatic carbocycles. The van der Waals surface area contributed by atoms with Crippen LogP contribution in [0.3, 0.4) is 0 Å². The maximum Gasteiger partial charge on any atom is 0.355 e. The Balaban J connectivity index is 2.99. The fraction of sp³-hybridized carbons (Fsp3) is 0.583. The minimum absolute atomic E-state index is 0.0250. The summed E-state index contributed by atoms with van der Waals surface area (Å²) in [4.78, 5) is 21.3. The molecule has 0 saturated carbocycles. The predicted molar refractivity (Wildman–Crippen MR) is 74.4 cm³/mol. The highest BCUT2D eigenvalue weighted by Gasteiger charge is 2.27. The summed E-state index contributed by atoms with van der Waals surface area (Å²) < 4.78 is 34.0.